The van der Waals surface area contributed by atoms with Crippen molar-refractivity contribution in [1.82, 2.24) is 10.3 Å². The summed E-state index contributed by atoms with van der Waals surface area (Å²) in [6.07, 6.45) is 2.55. The molecule has 0 aromatic carbocycles. The van der Waals surface area contributed by atoms with Crippen molar-refractivity contribution in [2.75, 3.05) is 7.05 Å². The molecule has 3 N–H and O–H groups in total. The number of thiophene rings is 1. The molecule has 4 nitrogen and oxygen atoms in total. The van der Waals surface area contributed by atoms with Gasteiger partial charge in [0.15, 0.2) is 0 Å². The van der Waals surface area contributed by atoms with Gasteiger partial charge >= 0.3 is 0 Å². The van der Waals surface area contributed by atoms with Gasteiger partial charge in [-0.05, 0) is 36.9 Å². The first kappa shape index (κ1) is 10.6. The zero-order valence-electron chi connectivity index (χ0n) is 8.69. The van der Waals surface area contributed by atoms with Gasteiger partial charge in [-0.15, -0.1) is 11.3 Å². The van der Waals surface area contributed by atoms with E-state index in [1.165, 1.54) is 24.2 Å². The first-order valence-electron chi connectivity index (χ1n) is 5.00. The van der Waals surface area contributed by atoms with Crippen LogP contribution in [0.5, 0.6) is 0 Å². The Morgan fingerprint density at radius 3 is 3.07 bits per heavy atom. The van der Waals surface area contributed by atoms with Gasteiger partial charge in [-0.2, -0.15) is 0 Å². The molecule has 82 valence electrons. The largest absolute Gasteiger partial charge is 0.299 e. The monoisotopic (exact) mass is 225 g/mol. The summed E-state index contributed by atoms with van der Waals surface area (Å²) < 4.78 is 0. The maximum Gasteiger partial charge on any atom is 0.275 e. The summed E-state index contributed by atoms with van der Waals surface area (Å²) in [7, 11) is 2.10. The zero-order valence-corrected chi connectivity index (χ0v) is 9.51. The molecule has 2 rings (SSSR count). The van der Waals surface area contributed by atoms with Gasteiger partial charge < -0.3 is 0 Å². The lowest BCUT2D eigenvalue weighted by Gasteiger charge is -2.15. The van der Waals surface area contributed by atoms with Crippen LogP contribution in [-0.4, -0.2) is 23.9 Å². The third kappa shape index (κ3) is 2.37. The molecule has 0 aliphatic heterocycles. The van der Waals surface area contributed by atoms with E-state index in [1.54, 1.807) is 0 Å². The Hall–Kier alpha value is -0.910. The van der Waals surface area contributed by atoms with Crippen molar-refractivity contribution in [1.29, 1.82) is 0 Å². The van der Waals surface area contributed by atoms with Crippen molar-refractivity contribution in [2.24, 2.45) is 5.84 Å². The van der Waals surface area contributed by atoms with Crippen LogP contribution in [-0.2, 0) is 6.54 Å². The fourth-order valence-electron chi connectivity index (χ4n) is 1.64. The molecule has 1 fully saturated rings. The third-order valence-corrected chi connectivity index (χ3v) is 3.63. The number of carbonyl (C=O) groups excluding carboxylic acids is 1. The minimum atomic E-state index is -0.191. The number of nitrogens with two attached hydrogens (primary N) is 1. The Balaban J connectivity index is 2.06. The number of nitrogens with zero attached hydrogens (tertiary/aromatic N) is 1. The van der Waals surface area contributed by atoms with Crippen LogP contribution in [0.2, 0.25) is 0 Å². The number of nitrogens with one attached hydrogen (secondary N) is 1. The van der Waals surface area contributed by atoms with E-state index < -0.39 is 0 Å². The van der Waals surface area contributed by atoms with E-state index in [0.717, 1.165) is 17.0 Å². The van der Waals surface area contributed by atoms with Crippen LogP contribution >= 0.6 is 11.3 Å². The lowest BCUT2D eigenvalue weighted by atomic mass is 10.2. The Bertz CT molecular complexity index is 359. The lowest BCUT2D eigenvalue weighted by molar-refractivity contribution is 0.0956. The summed E-state index contributed by atoms with van der Waals surface area (Å²) in [5.41, 5.74) is 3.25. The quantitative estimate of drug-likeness (QED) is 0.455. The summed E-state index contributed by atoms with van der Waals surface area (Å²) >= 11 is 1.44. The number of carbonyl (C=O) groups is 1. The Morgan fingerprint density at radius 1 is 1.73 bits per heavy atom. The fourth-order valence-corrected chi connectivity index (χ4v) is 2.46. The second-order valence-corrected chi connectivity index (χ2v) is 4.81. The van der Waals surface area contributed by atoms with E-state index in [-0.39, 0.29) is 5.91 Å². The molecule has 0 spiro atoms. The van der Waals surface area contributed by atoms with E-state index in [0.29, 0.717) is 6.04 Å². The van der Waals surface area contributed by atoms with Gasteiger partial charge in [0.25, 0.3) is 5.91 Å². The molecular weight excluding hydrogens is 210 g/mol. The molecule has 1 aromatic heterocycles. The summed E-state index contributed by atoms with van der Waals surface area (Å²) in [6.45, 7) is 0.830. The Labute approximate surface area is 93.0 Å². The smallest absolute Gasteiger partial charge is 0.275 e. The number of rotatable bonds is 4. The zero-order chi connectivity index (χ0) is 10.8. The molecule has 0 saturated heterocycles. The average Bonchev–Trinajstić information content (AvgIpc) is 2.99. The van der Waals surface area contributed by atoms with E-state index in [9.17, 15) is 4.79 Å². The summed E-state index contributed by atoms with van der Waals surface area (Å²) in [5.74, 6) is 4.94. The maximum absolute atomic E-state index is 11.4. The van der Waals surface area contributed by atoms with Gasteiger partial charge in [0.05, 0.1) is 4.88 Å². The van der Waals surface area contributed by atoms with Crippen LogP contribution in [0.1, 0.15) is 28.1 Å². The minimum absolute atomic E-state index is 0.191. The van der Waals surface area contributed by atoms with Crippen molar-refractivity contribution in [3.63, 3.8) is 0 Å². The highest BCUT2D eigenvalue weighted by atomic mass is 32.1. The van der Waals surface area contributed by atoms with Gasteiger partial charge in [-0.3, -0.25) is 15.1 Å². The summed E-state index contributed by atoms with van der Waals surface area (Å²) in [5, 5.41) is 1.93. The van der Waals surface area contributed by atoms with Gasteiger partial charge in [-0.25, -0.2) is 5.84 Å². The van der Waals surface area contributed by atoms with Crippen molar-refractivity contribution >= 4 is 17.2 Å². The molecule has 1 heterocycles. The van der Waals surface area contributed by atoms with E-state index >= 15 is 0 Å². The van der Waals surface area contributed by atoms with E-state index in [1.807, 2.05) is 11.4 Å². The molecule has 1 aromatic rings. The predicted molar refractivity (Wildman–Crippen MR) is 60.5 cm³/mol. The van der Waals surface area contributed by atoms with Crippen molar-refractivity contribution in [2.45, 2.75) is 25.4 Å². The number of nitrogen functional groups attached to an aromatic ring is 1. The van der Waals surface area contributed by atoms with Crippen LogP contribution in [0.25, 0.3) is 0 Å². The van der Waals surface area contributed by atoms with Gasteiger partial charge in [-0.1, -0.05) is 0 Å². The molecule has 1 amide bonds. The lowest BCUT2D eigenvalue weighted by Crippen LogP contribution is -2.30. The van der Waals surface area contributed by atoms with Crippen LogP contribution in [0.3, 0.4) is 0 Å². The average molecular weight is 225 g/mol. The minimum Gasteiger partial charge on any atom is -0.299 e. The molecular formula is C10H15N3OS. The molecule has 0 radical (unpaired) electrons. The fraction of sp³-hybridized carbons (Fsp3) is 0.500. The maximum atomic E-state index is 11.4. The molecule has 1 aliphatic carbocycles. The van der Waals surface area contributed by atoms with Crippen LogP contribution in [0.15, 0.2) is 11.4 Å². The molecule has 0 bridgehead atoms. The van der Waals surface area contributed by atoms with E-state index in [2.05, 4.69) is 17.4 Å². The third-order valence-electron chi connectivity index (χ3n) is 2.67. The standard InChI is InChI=1S/C10H15N3OS/c1-13(8-2-3-8)6-7-4-5-15-9(7)10(14)12-11/h4-5,8H,2-3,6,11H2,1H3,(H,12,14). The van der Waals surface area contributed by atoms with Gasteiger partial charge in [0.2, 0.25) is 0 Å². The second-order valence-electron chi connectivity index (χ2n) is 3.89. The molecule has 0 unspecified atom stereocenters. The molecule has 5 heteroatoms. The highest BCUT2D eigenvalue weighted by molar-refractivity contribution is 7.12. The highest BCUT2D eigenvalue weighted by Gasteiger charge is 2.27. The van der Waals surface area contributed by atoms with Gasteiger partial charge in [0, 0.05) is 12.6 Å². The van der Waals surface area contributed by atoms with Crippen molar-refractivity contribution < 1.29 is 4.79 Å². The predicted octanol–water partition coefficient (Wildman–Crippen LogP) is 0.946. The topological polar surface area (TPSA) is 58.4 Å². The summed E-state index contributed by atoms with van der Waals surface area (Å²) in [6, 6.07) is 2.70. The van der Waals surface area contributed by atoms with Crippen LogP contribution < -0.4 is 11.3 Å². The first-order chi connectivity index (χ1) is 7.22. The number of hydrogen-bond acceptors (Lipinski definition) is 4. The molecule has 1 saturated carbocycles. The first-order valence-corrected chi connectivity index (χ1v) is 5.88. The SMILES string of the molecule is CN(Cc1ccsc1C(=O)NN)C1CC1. The highest BCUT2D eigenvalue weighted by Crippen LogP contribution is 2.28. The van der Waals surface area contributed by atoms with Crippen LogP contribution in [0.4, 0.5) is 0 Å². The molecule has 1 aliphatic rings. The number of hydrazine groups is 1. The number of amides is 1. The normalized spacial score (nSPS) is 15.7. The Kier molecular flexibility index (Phi) is 3.04. The summed E-state index contributed by atoms with van der Waals surface area (Å²) in [4.78, 5) is 14.4. The van der Waals surface area contributed by atoms with Gasteiger partial charge in [0.1, 0.15) is 0 Å². The molecule has 0 atom stereocenters. The second kappa shape index (κ2) is 4.30. The van der Waals surface area contributed by atoms with Crippen molar-refractivity contribution in [3.05, 3.63) is 21.9 Å². The van der Waals surface area contributed by atoms with E-state index in [4.69, 9.17) is 5.84 Å². The number of hydrogen-bond donors (Lipinski definition) is 2. The van der Waals surface area contributed by atoms with Crippen LogP contribution in [0, 0.1) is 0 Å². The Morgan fingerprint density at radius 2 is 2.47 bits per heavy atom. The molecule has 15 heavy (non-hydrogen) atoms. The van der Waals surface area contributed by atoms with Crippen molar-refractivity contribution in [3.8, 4) is 0 Å².